The molecule has 2 heterocycles. The molecule has 1 saturated heterocycles. The van der Waals surface area contributed by atoms with E-state index in [9.17, 15) is 9.90 Å². The van der Waals surface area contributed by atoms with Gasteiger partial charge in [-0.3, -0.25) is 9.69 Å². The van der Waals surface area contributed by atoms with Crippen LogP contribution in [0.1, 0.15) is 24.0 Å². The minimum absolute atomic E-state index is 0.197. The molecule has 0 aliphatic carbocycles. The molecule has 1 amide bonds. The Morgan fingerprint density at radius 2 is 1.71 bits per heavy atom. The maximum Gasteiger partial charge on any atom is 0.240 e. The molecule has 5 nitrogen and oxygen atoms in total. The number of likely N-dealkylation sites (tertiary alicyclic amines) is 1. The van der Waals surface area contributed by atoms with Gasteiger partial charge in [-0.05, 0) is 42.5 Å². The Kier molecular flexibility index (Phi) is 5.93. The lowest BCUT2D eigenvalue weighted by Crippen LogP contribution is -2.53. The molecular weight excluding hydrogens is 352 g/mol. The van der Waals surface area contributed by atoms with Gasteiger partial charge in [0, 0.05) is 26.2 Å². The van der Waals surface area contributed by atoms with Crippen molar-refractivity contribution in [2.24, 2.45) is 0 Å². The molecule has 0 aromatic heterocycles. The van der Waals surface area contributed by atoms with Crippen LogP contribution in [0.3, 0.4) is 0 Å². The summed E-state index contributed by atoms with van der Waals surface area (Å²) in [6.45, 7) is 3.02. The number of aliphatic hydroxyl groups is 1. The number of amides is 1. The predicted molar refractivity (Wildman–Crippen MR) is 108 cm³/mol. The largest absolute Gasteiger partial charge is 0.491 e. The number of carbonyl (C=O) groups is 1. The number of benzene rings is 2. The van der Waals surface area contributed by atoms with Crippen LogP contribution in [0.25, 0.3) is 0 Å². The van der Waals surface area contributed by atoms with Crippen LogP contribution in [-0.2, 0) is 17.8 Å². The van der Waals surface area contributed by atoms with Crippen LogP contribution in [0.4, 0.5) is 0 Å². The lowest BCUT2D eigenvalue weighted by molar-refractivity contribution is -0.137. The molecule has 5 heteroatoms. The first-order valence-electron chi connectivity index (χ1n) is 10.2. The molecule has 1 N–H and O–H groups in total. The first-order valence-corrected chi connectivity index (χ1v) is 10.2. The van der Waals surface area contributed by atoms with Crippen LogP contribution in [0.15, 0.2) is 54.6 Å². The third kappa shape index (κ3) is 4.37. The van der Waals surface area contributed by atoms with Crippen molar-refractivity contribution in [1.29, 1.82) is 0 Å². The fourth-order valence-electron chi connectivity index (χ4n) is 4.19. The van der Waals surface area contributed by atoms with Crippen molar-refractivity contribution in [1.82, 2.24) is 9.80 Å². The van der Waals surface area contributed by atoms with Gasteiger partial charge in [0.15, 0.2) is 0 Å². The lowest BCUT2D eigenvalue weighted by Gasteiger charge is -2.38. The van der Waals surface area contributed by atoms with E-state index in [0.29, 0.717) is 19.5 Å². The Morgan fingerprint density at radius 3 is 2.46 bits per heavy atom. The van der Waals surface area contributed by atoms with Crippen LogP contribution < -0.4 is 4.74 Å². The number of β-amino-alcohol motifs (C(OH)–C–C–N with tert-alkyl or cyclic N) is 1. The number of aliphatic hydroxyl groups excluding tert-OH is 1. The van der Waals surface area contributed by atoms with Crippen molar-refractivity contribution in [3.63, 3.8) is 0 Å². The molecule has 0 spiro atoms. The van der Waals surface area contributed by atoms with E-state index < -0.39 is 6.10 Å². The zero-order valence-corrected chi connectivity index (χ0v) is 16.2. The second kappa shape index (κ2) is 8.76. The van der Waals surface area contributed by atoms with Gasteiger partial charge in [0.05, 0.1) is 6.04 Å². The van der Waals surface area contributed by atoms with Gasteiger partial charge >= 0.3 is 0 Å². The summed E-state index contributed by atoms with van der Waals surface area (Å²) in [5.74, 6) is 0.943. The summed E-state index contributed by atoms with van der Waals surface area (Å²) in [4.78, 5) is 17.3. The fourth-order valence-corrected chi connectivity index (χ4v) is 4.19. The summed E-state index contributed by atoms with van der Waals surface area (Å²) in [6.07, 6.45) is 2.22. The van der Waals surface area contributed by atoms with E-state index in [1.165, 1.54) is 11.1 Å². The zero-order valence-electron chi connectivity index (χ0n) is 16.2. The van der Waals surface area contributed by atoms with E-state index in [2.05, 4.69) is 17.0 Å². The molecule has 0 saturated carbocycles. The number of ether oxygens (including phenoxy) is 1. The highest BCUT2D eigenvalue weighted by Crippen LogP contribution is 2.26. The number of hydrogen-bond donors (Lipinski definition) is 1. The minimum Gasteiger partial charge on any atom is -0.491 e. The molecule has 0 bridgehead atoms. The molecule has 28 heavy (non-hydrogen) atoms. The van der Waals surface area contributed by atoms with E-state index in [4.69, 9.17) is 4.74 Å². The van der Waals surface area contributed by atoms with Crippen LogP contribution >= 0.6 is 0 Å². The highest BCUT2D eigenvalue weighted by molar-refractivity contribution is 5.83. The number of carbonyl (C=O) groups excluding carboxylic acids is 1. The van der Waals surface area contributed by atoms with Gasteiger partial charge in [-0.1, -0.05) is 42.5 Å². The van der Waals surface area contributed by atoms with Crippen molar-refractivity contribution in [2.45, 2.75) is 38.0 Å². The normalized spacial score (nSPS) is 20.6. The van der Waals surface area contributed by atoms with Crippen LogP contribution in [0.5, 0.6) is 5.75 Å². The molecule has 1 fully saturated rings. The average molecular weight is 380 g/mol. The molecule has 2 aliphatic heterocycles. The van der Waals surface area contributed by atoms with E-state index in [0.717, 1.165) is 31.7 Å². The van der Waals surface area contributed by atoms with Crippen molar-refractivity contribution in [3.05, 3.63) is 65.7 Å². The van der Waals surface area contributed by atoms with Crippen molar-refractivity contribution in [3.8, 4) is 5.75 Å². The maximum atomic E-state index is 13.2. The molecule has 4 rings (SSSR count). The van der Waals surface area contributed by atoms with Crippen LogP contribution in [0, 0.1) is 0 Å². The standard InChI is InChI=1S/C23H28N2O3/c26-20(17-28-21-10-2-1-3-11-21)16-25-15-19-9-5-4-8-18(19)14-22(25)23(27)24-12-6-7-13-24/h1-5,8-11,20,22,26H,6-7,12-17H2/t20-,22+/m0/s1. The molecule has 2 aliphatic rings. The Balaban J connectivity index is 1.44. The van der Waals surface area contributed by atoms with E-state index in [-0.39, 0.29) is 18.6 Å². The van der Waals surface area contributed by atoms with Crippen molar-refractivity contribution in [2.75, 3.05) is 26.2 Å². The van der Waals surface area contributed by atoms with Gasteiger partial charge in [-0.15, -0.1) is 0 Å². The van der Waals surface area contributed by atoms with Crippen LogP contribution in [-0.4, -0.2) is 59.2 Å². The molecule has 0 radical (unpaired) electrons. The fraction of sp³-hybridized carbons (Fsp3) is 0.435. The summed E-state index contributed by atoms with van der Waals surface area (Å²) in [7, 11) is 0. The van der Waals surface area contributed by atoms with Crippen LogP contribution in [0.2, 0.25) is 0 Å². The van der Waals surface area contributed by atoms with E-state index in [1.54, 1.807) is 0 Å². The third-order valence-corrected chi connectivity index (χ3v) is 5.68. The predicted octanol–water partition coefficient (Wildman–Crippen LogP) is 2.48. The first kappa shape index (κ1) is 19.0. The molecule has 2 atom stereocenters. The van der Waals surface area contributed by atoms with Gasteiger partial charge in [0.25, 0.3) is 0 Å². The average Bonchev–Trinajstić information content (AvgIpc) is 3.27. The smallest absolute Gasteiger partial charge is 0.240 e. The number of nitrogens with zero attached hydrogens (tertiary/aromatic N) is 2. The van der Waals surface area contributed by atoms with Gasteiger partial charge in [0.1, 0.15) is 18.5 Å². The third-order valence-electron chi connectivity index (χ3n) is 5.68. The van der Waals surface area contributed by atoms with Crippen molar-refractivity contribution < 1.29 is 14.6 Å². The molecule has 2 aromatic carbocycles. The summed E-state index contributed by atoms with van der Waals surface area (Å²) < 4.78 is 5.70. The quantitative estimate of drug-likeness (QED) is 0.837. The maximum absolute atomic E-state index is 13.2. The van der Waals surface area contributed by atoms with E-state index in [1.807, 2.05) is 47.4 Å². The highest BCUT2D eigenvalue weighted by atomic mass is 16.5. The number of fused-ring (bicyclic) bond motifs is 1. The zero-order chi connectivity index (χ0) is 19.3. The molecule has 0 unspecified atom stereocenters. The van der Waals surface area contributed by atoms with Crippen molar-refractivity contribution >= 4 is 5.91 Å². The van der Waals surface area contributed by atoms with Gasteiger partial charge in [-0.2, -0.15) is 0 Å². The SMILES string of the molecule is O=C([C@H]1Cc2ccccc2CN1C[C@H](O)COc1ccccc1)N1CCCC1. The molecular formula is C23H28N2O3. The second-order valence-electron chi connectivity index (χ2n) is 7.73. The minimum atomic E-state index is -0.653. The Labute approximate surface area is 166 Å². The monoisotopic (exact) mass is 380 g/mol. The Bertz CT molecular complexity index is 789. The Hall–Kier alpha value is -2.37. The summed E-state index contributed by atoms with van der Waals surface area (Å²) in [6, 6.07) is 17.6. The Morgan fingerprint density at radius 1 is 1.04 bits per heavy atom. The number of rotatable bonds is 6. The number of para-hydroxylation sites is 1. The molecule has 2 aromatic rings. The lowest BCUT2D eigenvalue weighted by atomic mass is 9.93. The summed E-state index contributed by atoms with van der Waals surface area (Å²) in [5.41, 5.74) is 2.48. The summed E-state index contributed by atoms with van der Waals surface area (Å²) in [5, 5.41) is 10.6. The van der Waals surface area contributed by atoms with Gasteiger partial charge < -0.3 is 14.7 Å². The first-order chi connectivity index (χ1) is 13.7. The van der Waals surface area contributed by atoms with E-state index >= 15 is 0 Å². The molecule has 148 valence electrons. The van der Waals surface area contributed by atoms with Gasteiger partial charge in [-0.25, -0.2) is 0 Å². The summed E-state index contributed by atoms with van der Waals surface area (Å²) >= 11 is 0. The highest BCUT2D eigenvalue weighted by Gasteiger charge is 2.35. The topological polar surface area (TPSA) is 53.0 Å². The van der Waals surface area contributed by atoms with Gasteiger partial charge in [0.2, 0.25) is 5.91 Å². The second-order valence-corrected chi connectivity index (χ2v) is 7.73. The number of hydrogen-bond acceptors (Lipinski definition) is 4.